The fourth-order valence-electron chi connectivity index (χ4n) is 8.38. The highest BCUT2D eigenvalue weighted by Crippen LogP contribution is 2.21. The van der Waals surface area contributed by atoms with Crippen LogP contribution in [-0.2, 0) is 75.0 Å². The summed E-state index contributed by atoms with van der Waals surface area (Å²) in [6.07, 6.45) is -2.05. The molecule has 39 nitrogen and oxygen atoms in total. The summed E-state index contributed by atoms with van der Waals surface area (Å²) in [4.78, 5) is 153. The molecule has 0 aliphatic rings. The molecule has 0 heterocycles. The molecule has 0 aliphatic carbocycles. The zero-order chi connectivity index (χ0) is 89.6. The highest BCUT2D eigenvalue weighted by atomic mass is 79.9. The fourth-order valence-corrected chi connectivity index (χ4v) is 9.06. The molecule has 0 radical (unpaired) electrons. The number of nitro groups is 5. The minimum absolute atomic E-state index is 0. The lowest BCUT2D eigenvalue weighted by atomic mass is 10.1. The first-order chi connectivity index (χ1) is 53.2. The van der Waals surface area contributed by atoms with Gasteiger partial charge in [-0.25, -0.2) is 28.8 Å². The summed E-state index contributed by atoms with van der Waals surface area (Å²) in [5.74, 6) is -2.40. The third kappa shape index (κ3) is 59.2. The molecule has 0 saturated carbocycles. The van der Waals surface area contributed by atoms with Crippen molar-refractivity contribution >= 4 is 133 Å². The molecule has 0 saturated heterocycles. The van der Waals surface area contributed by atoms with Gasteiger partial charge in [0, 0.05) is 86.3 Å². The summed E-state index contributed by atoms with van der Waals surface area (Å²) in [5, 5.41) is 74.8. The van der Waals surface area contributed by atoms with E-state index in [0.29, 0.717) is 41.3 Å². The van der Waals surface area contributed by atoms with Crippen LogP contribution in [0.1, 0.15) is 197 Å². The molecule has 5 aromatic carbocycles. The normalized spacial score (nSPS) is 11.4. The van der Waals surface area contributed by atoms with Crippen LogP contribution in [0.4, 0.5) is 52.4 Å². The number of thiocarbonyl (C=S) groups is 2. The summed E-state index contributed by atoms with van der Waals surface area (Å²) < 4.78 is 25.4. The van der Waals surface area contributed by atoms with Crippen molar-refractivity contribution in [3.63, 3.8) is 0 Å². The van der Waals surface area contributed by atoms with Crippen LogP contribution in [0.3, 0.4) is 0 Å². The van der Waals surface area contributed by atoms with Gasteiger partial charge in [0.15, 0.2) is 0 Å². The number of halogens is 1. The van der Waals surface area contributed by atoms with Crippen molar-refractivity contribution in [1.82, 2.24) is 26.6 Å². The number of Topliss-reactive ketones (excluding diaryl/α,β-unsaturated/α-hetero) is 1. The van der Waals surface area contributed by atoms with Crippen LogP contribution >= 0.6 is 40.4 Å². The van der Waals surface area contributed by atoms with E-state index in [-0.39, 0.29) is 115 Å². The number of non-ortho nitro benzene ring substituents is 5. The summed E-state index contributed by atoms with van der Waals surface area (Å²) in [7, 11) is 0. The number of amides is 7. The molecule has 692 valence electrons. The van der Waals surface area contributed by atoms with E-state index in [1.54, 1.807) is 128 Å². The fraction of sp³-hybridized carbons (Fsp3) is 0.494. The number of alkyl halides is 1. The molecule has 5 rings (SSSR count). The lowest BCUT2D eigenvalue weighted by Crippen LogP contribution is -2.47. The van der Waals surface area contributed by atoms with Gasteiger partial charge in [-0.3, -0.25) is 65.0 Å². The van der Waals surface area contributed by atoms with Crippen LogP contribution < -0.4 is 49.5 Å². The van der Waals surface area contributed by atoms with Crippen LogP contribution in [0.5, 0.6) is 0 Å². The third-order valence-electron chi connectivity index (χ3n) is 13.6. The number of carboxylic acid groups (broad SMARTS) is 1. The number of benzene rings is 5. The standard InChI is InChI=1S/2C14H19N3O5.2C14H19N3O4S.C14H18N2O6.C4H7BrO.7CH4/c2*1-14(2,3)22-13(19)16-11(12(15)18)8-9-4-6-10(7-5-9)17(20)21;2*1-14(2,3)21-13(18)16-11(12(15)22)8-9-4-6-10(7-5-9)17(19)20;1-14(2,3)22-13(19)15-11(12(17)18)8-9-4-6-10(7-5-9)16(20)21;1-2-4(6)3-5;;;;;;;/h2*4-7,11H,8H2,1-3H3,(H2,15,18)(H,16,19);2*4-7,11H,8H2,1-3H3,(H2,15,22)(H,16,18);4-7,11H,8H2,1-3H3,(H,15,19)(H,17,18);2-3H2,1H3;7*1H4/t5*11-;;;;;;;;/m00000......../s1. The van der Waals surface area contributed by atoms with Gasteiger partial charge < -0.3 is 78.3 Å². The molecule has 0 bridgehead atoms. The predicted octanol–water partition coefficient (Wildman–Crippen LogP) is 15.6. The van der Waals surface area contributed by atoms with Crippen molar-refractivity contribution in [3.05, 3.63) is 200 Å². The lowest BCUT2D eigenvalue weighted by Gasteiger charge is -2.23. The van der Waals surface area contributed by atoms with Gasteiger partial charge in [0.2, 0.25) is 11.8 Å². The Hall–Kier alpha value is -12.2. The second kappa shape index (κ2) is 59.5. The van der Waals surface area contributed by atoms with E-state index in [2.05, 4.69) is 42.5 Å². The summed E-state index contributed by atoms with van der Waals surface area (Å²) in [6, 6.07) is 24.4. The van der Waals surface area contributed by atoms with Gasteiger partial charge in [-0.05, 0) is 145 Å². The van der Waals surface area contributed by atoms with Gasteiger partial charge in [0.1, 0.15) is 51.9 Å². The monoisotopic (exact) mass is 1840 g/mol. The summed E-state index contributed by atoms with van der Waals surface area (Å²) in [6.45, 7) is 27.5. The number of carbonyl (C=O) groups excluding carboxylic acids is 8. The van der Waals surface area contributed by atoms with Crippen molar-refractivity contribution in [3.8, 4) is 0 Å². The van der Waals surface area contributed by atoms with E-state index < -0.39 is 131 Å². The van der Waals surface area contributed by atoms with E-state index >= 15 is 0 Å². The SMILES string of the molecule is C.C.C.C.C.C.C.CC(C)(C)OC(=O)N[C@@H](Cc1ccc([N+](=O)[O-])cc1)C(=O)O.CC(C)(C)OC(=O)N[C@@H](Cc1ccc([N+](=O)[O-])cc1)C(N)=O.CC(C)(C)OC(=O)N[C@@H](Cc1ccc([N+](=O)[O-])cc1)C(N)=O.CC(C)(C)OC(=O)N[C@@H](Cc1ccc([N+](=O)[O-])cc1)C(N)=S.CC(C)(C)OC(=O)N[C@@H](Cc1ccc([N+](=O)[O-])cc1)C(N)=S.CCC(=O)CBr. The Balaban J connectivity index is -0.000000217. The van der Waals surface area contributed by atoms with Gasteiger partial charge in [-0.15, -0.1) is 0 Å². The van der Waals surface area contributed by atoms with Crippen LogP contribution in [-0.4, -0.2) is 157 Å². The number of alkyl carbamates (subject to hydrolysis) is 5. The van der Waals surface area contributed by atoms with Crippen molar-refractivity contribution in [2.45, 2.75) is 260 Å². The number of rotatable bonds is 27. The molecular formula is C81H129BrN14O25S2. The molecule has 14 N–H and O–H groups in total. The number of ether oxygens (including phenoxy) is 5. The van der Waals surface area contributed by atoms with Crippen molar-refractivity contribution < 1.29 is 96.6 Å². The average molecular weight is 1840 g/mol. The van der Waals surface area contributed by atoms with Gasteiger partial charge in [0.05, 0.1) is 52.0 Å². The van der Waals surface area contributed by atoms with E-state index in [1.165, 1.54) is 97.1 Å². The quantitative estimate of drug-likeness (QED) is 0.00767. The van der Waals surface area contributed by atoms with E-state index in [9.17, 15) is 93.7 Å². The molecule has 42 heteroatoms. The number of hydrogen-bond donors (Lipinski definition) is 10. The lowest BCUT2D eigenvalue weighted by molar-refractivity contribution is -0.385. The van der Waals surface area contributed by atoms with Gasteiger partial charge >= 0.3 is 36.4 Å². The first kappa shape index (κ1) is 126. The third-order valence-corrected chi connectivity index (χ3v) is 14.8. The Bertz CT molecular complexity index is 3580. The number of ketones is 1. The van der Waals surface area contributed by atoms with Gasteiger partial charge in [-0.2, -0.15) is 0 Å². The smallest absolute Gasteiger partial charge is 0.408 e. The number of nitrogens with zero attached hydrogens (tertiary/aromatic N) is 5. The number of hydrogen-bond acceptors (Lipinski definition) is 26. The van der Waals surface area contributed by atoms with Crippen molar-refractivity contribution in [2.75, 3.05) is 5.33 Å². The maximum absolute atomic E-state index is 11.8. The van der Waals surface area contributed by atoms with Crippen LogP contribution in [0.15, 0.2) is 121 Å². The molecular weight excluding hydrogens is 1710 g/mol. The summed E-state index contributed by atoms with van der Waals surface area (Å²) in [5.41, 5.74) is 21.5. The minimum Gasteiger partial charge on any atom is -0.480 e. The van der Waals surface area contributed by atoms with Gasteiger partial charge in [0.25, 0.3) is 28.4 Å². The minimum atomic E-state index is -1.22. The zero-order valence-corrected chi connectivity index (χ0v) is 70.1. The zero-order valence-electron chi connectivity index (χ0n) is 66.9. The highest BCUT2D eigenvalue weighted by Gasteiger charge is 2.29. The molecule has 123 heavy (non-hydrogen) atoms. The number of aliphatic carboxylic acids is 1. The topological polar surface area (TPSA) is 600 Å². The maximum atomic E-state index is 11.8. The molecule has 0 aliphatic heterocycles. The van der Waals surface area contributed by atoms with Crippen molar-refractivity contribution in [1.29, 1.82) is 0 Å². The highest BCUT2D eigenvalue weighted by molar-refractivity contribution is 9.09. The molecule has 0 spiro atoms. The average Bonchev–Trinajstić information content (AvgIpc) is 0.884. The Morgan fingerprint density at radius 1 is 0.341 bits per heavy atom. The number of carboxylic acids is 1. The number of nitrogens with one attached hydrogen (secondary N) is 5. The number of primary amides is 2. The molecule has 7 amide bonds. The Labute approximate surface area is 739 Å². The first-order valence-electron chi connectivity index (χ1n) is 34.8. The Morgan fingerprint density at radius 3 is 0.618 bits per heavy atom. The summed E-state index contributed by atoms with van der Waals surface area (Å²) >= 11 is 12.9. The molecule has 5 aromatic rings. The van der Waals surface area contributed by atoms with Crippen LogP contribution in [0.25, 0.3) is 0 Å². The molecule has 0 unspecified atom stereocenters. The number of nitrogens with two attached hydrogens (primary N) is 4. The first-order valence-corrected chi connectivity index (χ1v) is 36.8. The molecule has 0 aromatic heterocycles. The van der Waals surface area contributed by atoms with Crippen LogP contribution in [0.2, 0.25) is 0 Å². The van der Waals surface area contributed by atoms with Crippen LogP contribution in [0, 0.1) is 50.6 Å². The van der Waals surface area contributed by atoms with E-state index in [4.69, 9.17) is 76.2 Å². The predicted molar refractivity (Wildman–Crippen MR) is 486 cm³/mol. The van der Waals surface area contributed by atoms with Crippen molar-refractivity contribution in [2.24, 2.45) is 22.9 Å². The molecule has 5 atom stereocenters. The van der Waals surface area contributed by atoms with E-state index in [0.717, 1.165) is 11.1 Å². The second-order valence-electron chi connectivity index (χ2n) is 29.6. The largest absolute Gasteiger partial charge is 0.480 e. The van der Waals surface area contributed by atoms with E-state index in [1.807, 2.05) is 6.92 Å². The Kier molecular flexibility index (Phi) is 61.1. The number of nitro benzene ring substituents is 5. The second-order valence-corrected chi connectivity index (χ2v) is 31.1. The van der Waals surface area contributed by atoms with Gasteiger partial charge in [-0.1, -0.05) is 160 Å². The molecule has 0 fully saturated rings. The number of carbonyl (C=O) groups is 9. The Morgan fingerprint density at radius 2 is 0.496 bits per heavy atom. The maximum Gasteiger partial charge on any atom is 0.408 e.